The lowest BCUT2D eigenvalue weighted by atomic mass is 9.85. The number of aromatic nitrogens is 2. The van der Waals surface area contributed by atoms with Crippen molar-refractivity contribution in [2.45, 2.75) is 54.0 Å². The highest BCUT2D eigenvalue weighted by molar-refractivity contribution is 8.00. The van der Waals surface area contributed by atoms with Crippen LogP contribution in [0.5, 0.6) is 0 Å². The molecule has 0 spiro atoms. The maximum Gasteiger partial charge on any atom is 0.263 e. The van der Waals surface area contributed by atoms with Gasteiger partial charge in [-0.05, 0) is 49.6 Å². The Morgan fingerprint density at radius 1 is 1.21 bits per heavy atom. The van der Waals surface area contributed by atoms with Crippen molar-refractivity contribution in [3.63, 3.8) is 0 Å². The molecule has 3 aromatic rings. The van der Waals surface area contributed by atoms with Gasteiger partial charge in [0, 0.05) is 11.2 Å². The number of halogens is 1. The molecule has 2 aromatic carbocycles. The minimum absolute atomic E-state index is 0.0168. The van der Waals surface area contributed by atoms with Crippen LogP contribution in [0.3, 0.4) is 0 Å². The molecule has 2 heterocycles. The Morgan fingerprint density at radius 2 is 2.03 bits per heavy atom. The van der Waals surface area contributed by atoms with Gasteiger partial charge in [-0.3, -0.25) is 14.2 Å². The summed E-state index contributed by atoms with van der Waals surface area (Å²) in [7, 11) is 0. The van der Waals surface area contributed by atoms with Crippen molar-refractivity contribution in [1.82, 2.24) is 9.55 Å². The van der Waals surface area contributed by atoms with Crippen molar-refractivity contribution >= 4 is 35.1 Å². The summed E-state index contributed by atoms with van der Waals surface area (Å²) < 4.78 is 15.5. The van der Waals surface area contributed by atoms with E-state index in [1.807, 2.05) is 31.2 Å². The highest BCUT2D eigenvalue weighted by Gasteiger charge is 2.39. The van der Waals surface area contributed by atoms with E-state index in [9.17, 15) is 14.0 Å². The quantitative estimate of drug-likeness (QED) is 0.294. The Hall–Kier alpha value is -2.58. The number of benzene rings is 2. The monoisotopic (exact) mass is 481 g/mol. The zero-order chi connectivity index (χ0) is 22.9. The van der Waals surface area contributed by atoms with Gasteiger partial charge < -0.3 is 5.32 Å². The van der Waals surface area contributed by atoms with Gasteiger partial charge in [-0.1, -0.05) is 48.9 Å². The molecule has 0 unspecified atom stereocenters. The van der Waals surface area contributed by atoms with Crippen molar-refractivity contribution < 1.29 is 9.18 Å². The molecule has 1 aliphatic carbocycles. The first-order valence-electron chi connectivity index (χ1n) is 11.1. The van der Waals surface area contributed by atoms with Crippen LogP contribution in [-0.4, -0.2) is 26.5 Å². The summed E-state index contributed by atoms with van der Waals surface area (Å²) >= 11 is 2.90. The molecule has 33 heavy (non-hydrogen) atoms. The summed E-state index contributed by atoms with van der Waals surface area (Å²) in [5.74, 6) is -0.569. The number of nitrogens with zero attached hydrogens (tertiary/aromatic N) is 2. The Labute approximate surface area is 200 Å². The number of para-hydroxylation sites is 1. The highest BCUT2D eigenvalue weighted by Crippen LogP contribution is 2.50. The number of anilines is 1. The van der Waals surface area contributed by atoms with Crippen LogP contribution >= 0.6 is 23.5 Å². The average Bonchev–Trinajstić information content (AvgIpc) is 3.18. The molecule has 0 saturated heterocycles. The van der Waals surface area contributed by atoms with Gasteiger partial charge in [-0.15, -0.1) is 11.8 Å². The van der Waals surface area contributed by atoms with E-state index in [0.29, 0.717) is 10.4 Å². The molecule has 170 valence electrons. The van der Waals surface area contributed by atoms with Crippen LogP contribution in [0, 0.1) is 12.7 Å². The van der Waals surface area contributed by atoms with Crippen LogP contribution in [-0.2, 0) is 4.79 Å². The van der Waals surface area contributed by atoms with Crippen LogP contribution in [0.2, 0.25) is 0 Å². The Balaban J connectivity index is 1.49. The fraction of sp³-hybridized carbons (Fsp3) is 0.320. The lowest BCUT2D eigenvalue weighted by Crippen LogP contribution is -2.29. The van der Waals surface area contributed by atoms with Crippen molar-refractivity contribution in [1.29, 1.82) is 0 Å². The third kappa shape index (κ3) is 4.46. The first kappa shape index (κ1) is 22.2. The Kier molecular flexibility index (Phi) is 6.29. The summed E-state index contributed by atoms with van der Waals surface area (Å²) in [4.78, 5) is 31.2. The third-order valence-electron chi connectivity index (χ3n) is 6.13. The van der Waals surface area contributed by atoms with Crippen molar-refractivity contribution in [3.8, 4) is 5.69 Å². The van der Waals surface area contributed by atoms with E-state index in [2.05, 4.69) is 5.32 Å². The maximum absolute atomic E-state index is 13.9. The number of hydrogen-bond acceptors (Lipinski definition) is 5. The van der Waals surface area contributed by atoms with Gasteiger partial charge in [-0.25, -0.2) is 9.37 Å². The first-order valence-corrected chi connectivity index (χ1v) is 13.0. The molecule has 1 amide bonds. The van der Waals surface area contributed by atoms with Crippen LogP contribution < -0.4 is 10.9 Å². The molecule has 1 saturated carbocycles. The molecule has 5 nitrogen and oxygen atoms in total. The second kappa shape index (κ2) is 9.35. The van der Waals surface area contributed by atoms with E-state index in [0.717, 1.165) is 41.1 Å². The van der Waals surface area contributed by atoms with Crippen LogP contribution in [0.15, 0.2) is 63.5 Å². The highest BCUT2D eigenvalue weighted by atomic mass is 32.2. The fourth-order valence-electron chi connectivity index (χ4n) is 4.58. The molecule has 8 heteroatoms. The number of fused-ring (bicyclic) bond motifs is 3. The van der Waals surface area contributed by atoms with E-state index in [1.165, 1.54) is 30.3 Å². The number of hydrogen-bond donors (Lipinski definition) is 1. The smallest absolute Gasteiger partial charge is 0.263 e. The number of aryl methyl sites for hydroxylation is 1. The molecular formula is C25H24FN3O2S2. The molecule has 2 aliphatic rings. The first-order chi connectivity index (χ1) is 16.0. The molecule has 1 fully saturated rings. The average molecular weight is 482 g/mol. The predicted octanol–water partition coefficient (Wildman–Crippen LogP) is 5.54. The molecule has 1 aliphatic heterocycles. The second-order valence-corrected chi connectivity index (χ2v) is 10.6. The number of carbonyl (C=O) groups is 1. The predicted molar refractivity (Wildman–Crippen MR) is 131 cm³/mol. The van der Waals surface area contributed by atoms with Gasteiger partial charge in [0.1, 0.15) is 10.8 Å². The topological polar surface area (TPSA) is 64.0 Å². The van der Waals surface area contributed by atoms with Crippen molar-refractivity contribution in [2.75, 3.05) is 11.1 Å². The normalized spacial score (nSPS) is 19.1. The SMILES string of the molecule is Cc1cccc(-n2c(SCC(=O)Nc3ccccc3F)nc3c(c2=O)[C@@H]2CCCC[C@@H]2S3)c1. The van der Waals surface area contributed by atoms with E-state index in [-0.39, 0.29) is 28.8 Å². The van der Waals surface area contributed by atoms with E-state index >= 15 is 0 Å². The number of amides is 1. The van der Waals surface area contributed by atoms with Gasteiger partial charge in [0.25, 0.3) is 5.56 Å². The lowest BCUT2D eigenvalue weighted by Gasteiger charge is -2.24. The largest absolute Gasteiger partial charge is 0.323 e. The molecule has 5 rings (SSSR count). The fourth-order valence-corrected chi connectivity index (χ4v) is 6.96. The maximum atomic E-state index is 13.9. The lowest BCUT2D eigenvalue weighted by molar-refractivity contribution is -0.113. The Morgan fingerprint density at radius 3 is 2.85 bits per heavy atom. The van der Waals surface area contributed by atoms with E-state index in [4.69, 9.17) is 4.98 Å². The number of carbonyl (C=O) groups excluding carboxylic acids is 1. The summed E-state index contributed by atoms with van der Waals surface area (Å²) in [5.41, 5.74) is 2.71. The van der Waals surface area contributed by atoms with Crippen molar-refractivity contribution in [3.05, 3.63) is 75.8 Å². The number of rotatable bonds is 5. The summed E-state index contributed by atoms with van der Waals surface area (Å²) in [6, 6.07) is 13.8. The standard InChI is InChI=1S/C25H24FN3O2S2/c1-15-7-6-8-16(13-15)29-24(31)22-17-9-2-5-12-20(17)33-23(22)28-25(29)32-14-21(30)27-19-11-4-3-10-18(19)26/h3-4,6-8,10-11,13,17,20H,2,5,9,12,14H2,1H3,(H,27,30)/t17-,20+/m1/s1. The van der Waals surface area contributed by atoms with Gasteiger partial charge in [-0.2, -0.15) is 0 Å². The molecule has 1 aromatic heterocycles. The minimum atomic E-state index is -0.484. The zero-order valence-electron chi connectivity index (χ0n) is 18.2. The Bertz CT molecular complexity index is 1280. The van der Waals surface area contributed by atoms with Gasteiger partial charge in [0.15, 0.2) is 5.16 Å². The van der Waals surface area contributed by atoms with Crippen LogP contribution in [0.4, 0.5) is 10.1 Å². The van der Waals surface area contributed by atoms with Gasteiger partial charge in [0.05, 0.1) is 22.7 Å². The van der Waals surface area contributed by atoms with Crippen LogP contribution in [0.25, 0.3) is 5.69 Å². The zero-order valence-corrected chi connectivity index (χ0v) is 19.8. The van der Waals surface area contributed by atoms with E-state index < -0.39 is 5.82 Å². The molecular weight excluding hydrogens is 457 g/mol. The minimum Gasteiger partial charge on any atom is -0.323 e. The molecule has 0 bridgehead atoms. The van der Waals surface area contributed by atoms with Gasteiger partial charge >= 0.3 is 0 Å². The number of nitrogens with one attached hydrogen (secondary N) is 1. The molecule has 1 N–H and O–H groups in total. The summed E-state index contributed by atoms with van der Waals surface area (Å²) in [6.07, 6.45) is 4.44. The second-order valence-electron chi connectivity index (χ2n) is 8.46. The van der Waals surface area contributed by atoms with Crippen molar-refractivity contribution in [2.24, 2.45) is 0 Å². The third-order valence-corrected chi connectivity index (χ3v) is 8.47. The summed E-state index contributed by atoms with van der Waals surface area (Å²) in [6.45, 7) is 1.98. The summed E-state index contributed by atoms with van der Waals surface area (Å²) in [5, 5.41) is 4.30. The molecule has 0 radical (unpaired) electrons. The van der Waals surface area contributed by atoms with Crippen LogP contribution in [0.1, 0.15) is 42.7 Å². The van der Waals surface area contributed by atoms with E-state index in [1.54, 1.807) is 28.5 Å². The molecule has 2 atom stereocenters. The van der Waals surface area contributed by atoms with Gasteiger partial charge in [0.2, 0.25) is 5.91 Å². The number of thioether (sulfide) groups is 2.